The van der Waals surface area contributed by atoms with Gasteiger partial charge in [-0.05, 0) is 61.3 Å². The first-order valence-electron chi connectivity index (χ1n) is 7.65. The largest absolute Gasteiger partial charge is 1.00 e. The standard InChI is InChI=1S/C21H21P.Au.ClH/c1-16-10-4-7-13-19(16)22(20-14-8-5-11-17(20)2)21-15-9-6-12-18(21)3;;/h4-15H,1-3H3;;1H/q;+1;/p-1. The molecule has 0 bridgehead atoms. The van der Waals surface area contributed by atoms with Gasteiger partial charge in [-0.3, -0.25) is 0 Å². The van der Waals surface area contributed by atoms with E-state index in [-0.39, 0.29) is 34.8 Å². The second-order valence-corrected chi connectivity index (χ2v) is 7.81. The van der Waals surface area contributed by atoms with Crippen molar-refractivity contribution in [2.75, 3.05) is 0 Å². The molecule has 0 spiro atoms. The van der Waals surface area contributed by atoms with Crippen LogP contribution in [0.2, 0.25) is 0 Å². The van der Waals surface area contributed by atoms with E-state index in [1.807, 2.05) is 0 Å². The predicted molar refractivity (Wildman–Crippen MR) is 99.4 cm³/mol. The predicted octanol–water partition coefficient (Wildman–Crippen LogP) is 1.37. The quantitative estimate of drug-likeness (QED) is 0.351. The Morgan fingerprint density at radius 3 is 1.00 bits per heavy atom. The maximum atomic E-state index is 2.29. The normalized spacial score (nSPS) is 10.0. The minimum atomic E-state index is -0.508. The summed E-state index contributed by atoms with van der Waals surface area (Å²) in [5.74, 6) is 0. The zero-order valence-corrected chi connectivity index (χ0v) is 17.9. The van der Waals surface area contributed by atoms with Gasteiger partial charge in [-0.2, -0.15) is 0 Å². The molecule has 0 aliphatic rings. The molecule has 3 aromatic carbocycles. The van der Waals surface area contributed by atoms with Crippen LogP contribution in [-0.4, -0.2) is 0 Å². The molecule has 3 aromatic rings. The van der Waals surface area contributed by atoms with E-state index in [0.29, 0.717) is 0 Å². The first kappa shape index (κ1) is 21.2. The van der Waals surface area contributed by atoms with Crippen LogP contribution < -0.4 is 28.3 Å². The van der Waals surface area contributed by atoms with Crippen LogP contribution in [0.15, 0.2) is 72.8 Å². The van der Waals surface area contributed by atoms with Crippen molar-refractivity contribution in [2.45, 2.75) is 20.8 Å². The Labute approximate surface area is 168 Å². The Morgan fingerprint density at radius 1 is 0.500 bits per heavy atom. The van der Waals surface area contributed by atoms with E-state index < -0.39 is 7.92 Å². The average Bonchev–Trinajstić information content (AvgIpc) is 2.53. The van der Waals surface area contributed by atoms with Crippen LogP contribution in [0.3, 0.4) is 0 Å². The molecular formula is C21H21AuClP. The van der Waals surface area contributed by atoms with E-state index in [0.717, 1.165) is 0 Å². The SMILES string of the molecule is Cc1ccccc1P(c1ccccc1C)c1ccccc1C.[Au+].[Cl-]. The smallest absolute Gasteiger partial charge is 1.00 e. The van der Waals surface area contributed by atoms with E-state index in [4.69, 9.17) is 0 Å². The van der Waals surface area contributed by atoms with E-state index >= 15 is 0 Å². The van der Waals surface area contributed by atoms with Gasteiger partial charge in [0.15, 0.2) is 0 Å². The van der Waals surface area contributed by atoms with Gasteiger partial charge in [0.1, 0.15) is 0 Å². The van der Waals surface area contributed by atoms with Crippen molar-refractivity contribution in [2.24, 2.45) is 0 Å². The molecule has 24 heavy (non-hydrogen) atoms. The summed E-state index contributed by atoms with van der Waals surface area (Å²) in [6.07, 6.45) is 0. The van der Waals surface area contributed by atoms with Crippen molar-refractivity contribution in [3.05, 3.63) is 89.5 Å². The Bertz CT molecular complexity index is 693. The van der Waals surface area contributed by atoms with Crippen molar-refractivity contribution in [1.82, 2.24) is 0 Å². The fourth-order valence-electron chi connectivity index (χ4n) is 2.83. The van der Waals surface area contributed by atoms with Gasteiger partial charge in [-0.1, -0.05) is 72.8 Å². The van der Waals surface area contributed by atoms with Gasteiger partial charge in [0.05, 0.1) is 0 Å². The van der Waals surface area contributed by atoms with Gasteiger partial charge in [-0.15, -0.1) is 0 Å². The number of rotatable bonds is 3. The number of halogens is 1. The first-order valence-corrected chi connectivity index (χ1v) is 8.99. The van der Waals surface area contributed by atoms with Crippen LogP contribution in [0.4, 0.5) is 0 Å². The summed E-state index contributed by atoms with van der Waals surface area (Å²) in [6.45, 7) is 6.67. The van der Waals surface area contributed by atoms with Gasteiger partial charge >= 0.3 is 22.4 Å². The minimum Gasteiger partial charge on any atom is -1.00 e. The third-order valence-electron chi connectivity index (χ3n) is 4.07. The summed E-state index contributed by atoms with van der Waals surface area (Å²) in [5.41, 5.74) is 4.13. The van der Waals surface area contributed by atoms with Gasteiger partial charge in [-0.25, -0.2) is 0 Å². The van der Waals surface area contributed by atoms with Crippen LogP contribution in [-0.2, 0) is 22.4 Å². The molecule has 0 atom stereocenters. The molecule has 0 heterocycles. The summed E-state index contributed by atoms with van der Waals surface area (Å²) in [6, 6.07) is 26.4. The summed E-state index contributed by atoms with van der Waals surface area (Å²) >= 11 is 0. The number of aryl methyl sites for hydroxylation is 3. The van der Waals surface area contributed by atoms with Gasteiger partial charge in [0.2, 0.25) is 0 Å². The monoisotopic (exact) mass is 536 g/mol. The Kier molecular flexibility index (Phi) is 8.43. The van der Waals surface area contributed by atoms with Crippen molar-refractivity contribution < 1.29 is 34.8 Å². The Balaban J connectivity index is 0.00000144. The summed E-state index contributed by atoms with van der Waals surface area (Å²) < 4.78 is 0. The van der Waals surface area contributed by atoms with Crippen molar-refractivity contribution in [1.29, 1.82) is 0 Å². The molecule has 0 saturated heterocycles. The van der Waals surface area contributed by atoms with Crippen LogP contribution in [0.1, 0.15) is 16.7 Å². The third-order valence-corrected chi connectivity index (χ3v) is 7.02. The zero-order chi connectivity index (χ0) is 15.5. The van der Waals surface area contributed by atoms with Crippen molar-refractivity contribution in [3.8, 4) is 0 Å². The van der Waals surface area contributed by atoms with E-state index in [2.05, 4.69) is 93.6 Å². The number of hydrogen-bond acceptors (Lipinski definition) is 0. The van der Waals surface area contributed by atoms with E-state index in [1.54, 1.807) is 0 Å². The van der Waals surface area contributed by atoms with Crippen molar-refractivity contribution in [3.63, 3.8) is 0 Å². The molecule has 0 saturated carbocycles. The fraction of sp³-hybridized carbons (Fsp3) is 0.143. The summed E-state index contributed by atoms with van der Waals surface area (Å²) in [7, 11) is -0.508. The van der Waals surface area contributed by atoms with Crippen LogP contribution in [0, 0.1) is 20.8 Å². The van der Waals surface area contributed by atoms with Gasteiger partial charge < -0.3 is 12.4 Å². The topological polar surface area (TPSA) is 0 Å². The molecule has 3 heteroatoms. The first-order chi connectivity index (χ1) is 10.7. The molecule has 0 fully saturated rings. The minimum absolute atomic E-state index is 0. The number of hydrogen-bond donors (Lipinski definition) is 0. The Hall–Kier alpha value is -0.880. The number of benzene rings is 3. The van der Waals surface area contributed by atoms with E-state index in [1.165, 1.54) is 32.6 Å². The molecule has 0 aliphatic carbocycles. The maximum Gasteiger partial charge on any atom is 1.00 e. The van der Waals surface area contributed by atoms with Crippen LogP contribution in [0.25, 0.3) is 0 Å². The maximum absolute atomic E-state index is 2.29. The molecule has 0 radical (unpaired) electrons. The summed E-state index contributed by atoms with van der Waals surface area (Å²) in [4.78, 5) is 0. The zero-order valence-electron chi connectivity index (χ0n) is 14.1. The Morgan fingerprint density at radius 2 is 0.750 bits per heavy atom. The molecule has 0 aromatic heterocycles. The molecule has 3 rings (SSSR count). The van der Waals surface area contributed by atoms with E-state index in [9.17, 15) is 0 Å². The van der Waals surface area contributed by atoms with Crippen LogP contribution >= 0.6 is 7.92 Å². The van der Waals surface area contributed by atoms with Crippen molar-refractivity contribution >= 4 is 23.8 Å². The van der Waals surface area contributed by atoms with Crippen LogP contribution in [0.5, 0.6) is 0 Å². The molecule has 0 unspecified atom stereocenters. The molecule has 0 N–H and O–H groups in total. The average molecular weight is 537 g/mol. The van der Waals surface area contributed by atoms with Gasteiger partial charge in [0.25, 0.3) is 0 Å². The molecule has 128 valence electrons. The fourth-order valence-corrected chi connectivity index (χ4v) is 5.60. The molecule has 0 nitrogen and oxygen atoms in total. The summed E-state index contributed by atoms with van der Waals surface area (Å²) in [5, 5.41) is 4.38. The molecular weight excluding hydrogens is 516 g/mol. The molecule has 0 amide bonds. The molecule has 0 aliphatic heterocycles. The van der Waals surface area contributed by atoms with Gasteiger partial charge in [0, 0.05) is 0 Å². The second kappa shape index (κ2) is 9.56. The third kappa shape index (κ3) is 4.39. The second-order valence-electron chi connectivity index (χ2n) is 5.69.